The molecule has 0 unspecified atom stereocenters. The fourth-order valence-electron chi connectivity index (χ4n) is 1.44. The summed E-state index contributed by atoms with van der Waals surface area (Å²) in [5.41, 5.74) is 2.01. The molecular weight excluding hydrogens is 296 g/mol. The molecule has 1 aromatic rings. The van der Waals surface area contributed by atoms with Crippen molar-refractivity contribution in [1.82, 2.24) is 10.2 Å². The molecule has 1 heterocycles. The van der Waals surface area contributed by atoms with Crippen LogP contribution in [0.3, 0.4) is 0 Å². The molecule has 1 rings (SSSR count). The summed E-state index contributed by atoms with van der Waals surface area (Å²) in [6, 6.07) is 2.64. The lowest BCUT2D eigenvalue weighted by atomic mass is 10.0. The Hall–Kier alpha value is -0.180. The fourth-order valence-corrected chi connectivity index (χ4v) is 4.29. The molecule has 5 nitrogen and oxygen atoms in total. The van der Waals surface area contributed by atoms with Gasteiger partial charge >= 0.3 is 0 Å². The van der Waals surface area contributed by atoms with Crippen molar-refractivity contribution in [2.45, 2.75) is 30.5 Å². The van der Waals surface area contributed by atoms with E-state index in [-0.39, 0.29) is 22.7 Å². The molecule has 18 heavy (non-hydrogen) atoms. The Labute approximate surface area is 116 Å². The van der Waals surface area contributed by atoms with Gasteiger partial charge in [-0.25, -0.2) is 18.6 Å². The van der Waals surface area contributed by atoms with Crippen molar-refractivity contribution in [1.29, 1.82) is 0 Å². The second kappa shape index (κ2) is 6.83. The van der Waals surface area contributed by atoms with Crippen molar-refractivity contribution in [3.05, 3.63) is 16.5 Å². The first-order chi connectivity index (χ1) is 8.40. The molecule has 0 saturated carbocycles. The van der Waals surface area contributed by atoms with Gasteiger partial charge in [0.1, 0.15) is 4.21 Å². The van der Waals surface area contributed by atoms with E-state index >= 15 is 0 Å². The molecule has 0 aliphatic rings. The van der Waals surface area contributed by atoms with E-state index in [9.17, 15) is 8.42 Å². The zero-order valence-corrected chi connectivity index (χ0v) is 12.6. The molecule has 3 N–H and O–H groups in total. The van der Waals surface area contributed by atoms with Crippen molar-refractivity contribution in [3.8, 4) is 0 Å². The van der Waals surface area contributed by atoms with Gasteiger partial charge in [0, 0.05) is 12.6 Å². The molecule has 1 aromatic heterocycles. The standard InChI is InChI=1S/C10H17ClN2O3S2/c1-3-7(2)8(6-12-14)13-18(15,16)10-5-4-9(11)17-10/h4-5,7-8,12-14H,3,6H2,1-2H3/t7-,8+/m0/s1. The first kappa shape index (κ1) is 15.9. The van der Waals surface area contributed by atoms with E-state index in [4.69, 9.17) is 16.8 Å². The number of rotatable bonds is 7. The van der Waals surface area contributed by atoms with E-state index in [0.29, 0.717) is 4.34 Å². The second-order valence-electron chi connectivity index (χ2n) is 4.03. The monoisotopic (exact) mass is 312 g/mol. The van der Waals surface area contributed by atoms with Crippen LogP contribution in [0, 0.1) is 5.92 Å². The van der Waals surface area contributed by atoms with Gasteiger partial charge in [-0.3, -0.25) is 0 Å². The topological polar surface area (TPSA) is 78.4 Å². The summed E-state index contributed by atoms with van der Waals surface area (Å²) in [4.78, 5) is 0. The predicted molar refractivity (Wildman–Crippen MR) is 72.7 cm³/mol. The SMILES string of the molecule is CC[C@H](C)[C@@H](CNO)NS(=O)(=O)c1ccc(Cl)s1. The predicted octanol–water partition coefficient (Wildman–Crippen LogP) is 2.07. The molecule has 0 fully saturated rings. The van der Waals surface area contributed by atoms with E-state index in [0.717, 1.165) is 17.8 Å². The van der Waals surface area contributed by atoms with Crippen molar-refractivity contribution in [3.63, 3.8) is 0 Å². The van der Waals surface area contributed by atoms with E-state index in [1.165, 1.54) is 6.07 Å². The first-order valence-corrected chi connectivity index (χ1v) is 8.23. The van der Waals surface area contributed by atoms with Gasteiger partial charge in [0.2, 0.25) is 10.0 Å². The highest BCUT2D eigenvalue weighted by atomic mass is 35.5. The number of hydrogen-bond acceptors (Lipinski definition) is 5. The number of hydrogen-bond donors (Lipinski definition) is 3. The van der Waals surface area contributed by atoms with E-state index in [1.807, 2.05) is 19.3 Å². The number of hydroxylamine groups is 1. The van der Waals surface area contributed by atoms with Crippen molar-refractivity contribution in [2.24, 2.45) is 5.92 Å². The van der Waals surface area contributed by atoms with Crippen molar-refractivity contribution < 1.29 is 13.6 Å². The Kier molecular flexibility index (Phi) is 6.03. The Morgan fingerprint density at radius 2 is 2.17 bits per heavy atom. The Morgan fingerprint density at radius 3 is 2.61 bits per heavy atom. The molecule has 0 aliphatic heterocycles. The highest BCUT2D eigenvalue weighted by Crippen LogP contribution is 2.26. The number of sulfonamides is 1. The molecular formula is C10H17ClN2O3S2. The molecule has 0 radical (unpaired) electrons. The van der Waals surface area contributed by atoms with Crippen LogP contribution in [0.15, 0.2) is 16.3 Å². The highest BCUT2D eigenvalue weighted by Gasteiger charge is 2.24. The molecule has 0 saturated heterocycles. The Balaban J connectivity index is 2.85. The van der Waals surface area contributed by atoms with Crippen molar-refractivity contribution in [2.75, 3.05) is 6.54 Å². The fraction of sp³-hybridized carbons (Fsp3) is 0.600. The van der Waals surface area contributed by atoms with Crippen LogP contribution in [-0.4, -0.2) is 26.2 Å². The molecule has 0 aromatic carbocycles. The van der Waals surface area contributed by atoms with E-state index in [1.54, 1.807) is 6.07 Å². The minimum absolute atomic E-state index is 0.106. The summed E-state index contributed by atoms with van der Waals surface area (Å²) in [7, 11) is -3.58. The van der Waals surface area contributed by atoms with Crippen LogP contribution in [0.1, 0.15) is 20.3 Å². The summed E-state index contributed by atoms with van der Waals surface area (Å²) in [5, 5.41) is 8.75. The maximum absolute atomic E-state index is 12.1. The average molecular weight is 313 g/mol. The van der Waals surface area contributed by atoms with Crippen molar-refractivity contribution >= 4 is 33.0 Å². The van der Waals surface area contributed by atoms with Crippen LogP contribution in [0.25, 0.3) is 0 Å². The molecule has 0 amide bonds. The lowest BCUT2D eigenvalue weighted by Gasteiger charge is -2.22. The molecule has 0 spiro atoms. The Bertz CT molecular complexity index is 475. The van der Waals surface area contributed by atoms with Gasteiger partial charge in [-0.2, -0.15) is 0 Å². The van der Waals surface area contributed by atoms with Gasteiger partial charge in [-0.15, -0.1) is 11.3 Å². The third-order valence-electron chi connectivity index (χ3n) is 2.76. The summed E-state index contributed by atoms with van der Waals surface area (Å²) in [6.45, 7) is 4.05. The average Bonchev–Trinajstić information content (AvgIpc) is 2.75. The van der Waals surface area contributed by atoms with Crippen LogP contribution < -0.4 is 10.2 Å². The van der Waals surface area contributed by atoms with Gasteiger partial charge in [0.25, 0.3) is 0 Å². The lowest BCUT2D eigenvalue weighted by molar-refractivity contribution is 0.148. The number of nitrogens with one attached hydrogen (secondary N) is 2. The first-order valence-electron chi connectivity index (χ1n) is 5.55. The highest BCUT2D eigenvalue weighted by molar-refractivity contribution is 7.91. The largest absolute Gasteiger partial charge is 0.317 e. The van der Waals surface area contributed by atoms with Crippen LogP contribution in [-0.2, 0) is 10.0 Å². The van der Waals surface area contributed by atoms with Crippen LogP contribution in [0.2, 0.25) is 4.34 Å². The van der Waals surface area contributed by atoms with Crippen LogP contribution >= 0.6 is 22.9 Å². The molecule has 8 heteroatoms. The van der Waals surface area contributed by atoms with E-state index in [2.05, 4.69) is 4.72 Å². The van der Waals surface area contributed by atoms with Crippen LogP contribution in [0.5, 0.6) is 0 Å². The summed E-state index contributed by atoms with van der Waals surface area (Å²) in [6.07, 6.45) is 0.806. The molecule has 2 atom stereocenters. The second-order valence-corrected chi connectivity index (χ2v) is 7.69. The summed E-state index contributed by atoms with van der Waals surface area (Å²) in [5.74, 6) is 0.106. The third-order valence-corrected chi connectivity index (χ3v) is 5.97. The van der Waals surface area contributed by atoms with Crippen LogP contribution in [0.4, 0.5) is 0 Å². The van der Waals surface area contributed by atoms with Gasteiger partial charge in [0.15, 0.2) is 0 Å². The quantitative estimate of drug-likeness (QED) is 0.674. The minimum Gasteiger partial charge on any atom is -0.317 e. The zero-order valence-electron chi connectivity index (χ0n) is 10.2. The van der Waals surface area contributed by atoms with Gasteiger partial charge in [-0.1, -0.05) is 31.9 Å². The molecule has 0 aliphatic carbocycles. The normalized spacial score (nSPS) is 15.6. The lowest BCUT2D eigenvalue weighted by Crippen LogP contribution is -2.45. The van der Waals surface area contributed by atoms with Gasteiger partial charge in [-0.05, 0) is 18.1 Å². The number of halogens is 1. The Morgan fingerprint density at radius 1 is 1.50 bits per heavy atom. The summed E-state index contributed by atoms with van der Waals surface area (Å²) >= 11 is 6.73. The maximum atomic E-state index is 12.1. The summed E-state index contributed by atoms with van der Waals surface area (Å²) < 4.78 is 27.3. The smallest absolute Gasteiger partial charge is 0.250 e. The third kappa shape index (κ3) is 4.18. The van der Waals surface area contributed by atoms with Gasteiger partial charge < -0.3 is 5.21 Å². The minimum atomic E-state index is -3.58. The zero-order chi connectivity index (χ0) is 13.8. The molecule has 0 bridgehead atoms. The number of thiophene rings is 1. The van der Waals surface area contributed by atoms with E-state index < -0.39 is 10.0 Å². The molecule has 104 valence electrons. The van der Waals surface area contributed by atoms with Gasteiger partial charge in [0.05, 0.1) is 4.34 Å². The maximum Gasteiger partial charge on any atom is 0.250 e.